The molecule has 0 atom stereocenters. The van der Waals surface area contributed by atoms with E-state index < -0.39 is 29.3 Å². The topological polar surface area (TPSA) is 118 Å². The average Bonchev–Trinajstić information content (AvgIpc) is 2.13. The minimum absolute atomic E-state index is 0.0387. The van der Waals surface area contributed by atoms with Gasteiger partial charge in [0.15, 0.2) is 9.84 Å². The number of sulfone groups is 1. The molecule has 4 N–H and O–H groups in total. The second kappa shape index (κ2) is 4.96. The van der Waals surface area contributed by atoms with Gasteiger partial charge in [-0.15, -0.1) is 0 Å². The van der Waals surface area contributed by atoms with Gasteiger partial charge in [-0.25, -0.2) is 8.42 Å². The second-order valence-electron chi connectivity index (χ2n) is 3.39. The molecule has 17 heavy (non-hydrogen) atoms. The van der Waals surface area contributed by atoms with Crippen LogP contribution in [0.3, 0.4) is 0 Å². The summed E-state index contributed by atoms with van der Waals surface area (Å²) in [5, 5.41) is 0.288. The highest BCUT2D eigenvalue weighted by atomic mass is 35.5. The molecule has 0 unspecified atom stereocenters. The lowest BCUT2D eigenvalue weighted by molar-refractivity contribution is 0.374. The first-order valence-corrected chi connectivity index (χ1v) is 8.27. The zero-order valence-electron chi connectivity index (χ0n) is 8.58. The highest BCUT2D eigenvalue weighted by Gasteiger charge is 2.23. The molecule has 6 nitrogen and oxygen atoms in total. The molecule has 0 heterocycles. The van der Waals surface area contributed by atoms with Crippen LogP contribution in [0, 0.1) is 0 Å². The van der Waals surface area contributed by atoms with E-state index in [4.69, 9.17) is 27.1 Å². The monoisotopic (exact) mass is 299 g/mol. The van der Waals surface area contributed by atoms with Crippen LogP contribution in [0.4, 0.5) is 5.69 Å². The molecule has 0 saturated heterocycles. The van der Waals surface area contributed by atoms with E-state index in [0.29, 0.717) is 0 Å². The smallest absolute Gasteiger partial charge is 0.326 e. The van der Waals surface area contributed by atoms with E-state index in [1.165, 1.54) is 18.2 Å². The van der Waals surface area contributed by atoms with Crippen LogP contribution in [0.2, 0.25) is 5.02 Å². The van der Waals surface area contributed by atoms with Crippen LogP contribution in [0.5, 0.6) is 0 Å². The number of hydrogen-bond donors (Lipinski definition) is 3. The molecule has 0 aliphatic heterocycles. The minimum atomic E-state index is -4.35. The van der Waals surface area contributed by atoms with Crippen molar-refractivity contribution in [2.75, 3.05) is 17.6 Å². The second-order valence-corrected chi connectivity index (χ2v) is 7.68. The summed E-state index contributed by atoms with van der Waals surface area (Å²) < 4.78 is 34.1. The number of halogens is 1. The standard InChI is InChI=1S/C8H11ClNO5PS/c9-6-1-2-8(7(10)5-6)17(14,15)4-3-16(11,12)13/h1-2,5H,3-4,10H2,(H2,11,12,13). The van der Waals surface area contributed by atoms with Crippen LogP contribution >= 0.6 is 19.2 Å². The van der Waals surface area contributed by atoms with Gasteiger partial charge in [0.1, 0.15) is 0 Å². The molecule has 1 rings (SSSR count). The summed E-state index contributed by atoms with van der Waals surface area (Å²) in [6, 6.07) is 3.83. The lowest BCUT2D eigenvalue weighted by atomic mass is 10.3. The molecule has 0 bridgehead atoms. The molecular formula is C8H11ClNO5PS. The molecule has 0 fully saturated rings. The Labute approximate surface area is 103 Å². The van der Waals surface area contributed by atoms with Gasteiger partial charge >= 0.3 is 7.60 Å². The van der Waals surface area contributed by atoms with Crippen LogP contribution < -0.4 is 5.73 Å². The van der Waals surface area contributed by atoms with Crippen molar-refractivity contribution in [2.24, 2.45) is 0 Å². The van der Waals surface area contributed by atoms with Gasteiger partial charge in [-0.2, -0.15) is 0 Å². The fourth-order valence-electron chi connectivity index (χ4n) is 1.15. The summed E-state index contributed by atoms with van der Waals surface area (Å²) in [6.07, 6.45) is -0.739. The SMILES string of the molecule is Nc1cc(Cl)ccc1S(=O)(=O)CCP(=O)(O)O. The summed E-state index contributed by atoms with van der Waals surface area (Å²) in [5.74, 6) is -0.664. The van der Waals surface area contributed by atoms with E-state index in [9.17, 15) is 13.0 Å². The fourth-order valence-corrected chi connectivity index (χ4v) is 4.16. The molecule has 0 radical (unpaired) electrons. The largest absolute Gasteiger partial charge is 0.398 e. The summed E-state index contributed by atoms with van der Waals surface area (Å²) in [7, 11) is -8.17. The lowest BCUT2D eigenvalue weighted by Crippen LogP contribution is -2.12. The number of nitrogen functional groups attached to an aromatic ring is 1. The normalized spacial score (nSPS) is 12.6. The Balaban J connectivity index is 3.02. The van der Waals surface area contributed by atoms with Crippen LogP contribution in [0.25, 0.3) is 0 Å². The predicted octanol–water partition coefficient (Wildman–Crippen LogP) is 0.874. The summed E-state index contributed by atoms with van der Waals surface area (Å²) in [6.45, 7) is 0. The Kier molecular flexibility index (Phi) is 4.22. The first kappa shape index (κ1) is 14.5. The third kappa shape index (κ3) is 4.29. The Morgan fingerprint density at radius 3 is 2.41 bits per heavy atom. The van der Waals surface area contributed by atoms with Crippen molar-refractivity contribution < 1.29 is 22.8 Å². The molecule has 0 saturated carbocycles. The van der Waals surface area contributed by atoms with Gasteiger partial charge < -0.3 is 15.5 Å². The maximum atomic E-state index is 11.7. The number of rotatable bonds is 4. The zero-order chi connectivity index (χ0) is 13.3. The summed E-state index contributed by atoms with van der Waals surface area (Å²) in [5.41, 5.74) is 5.45. The van der Waals surface area contributed by atoms with Crippen LogP contribution in [-0.2, 0) is 14.4 Å². The predicted molar refractivity (Wildman–Crippen MR) is 64.8 cm³/mol. The van der Waals surface area contributed by atoms with Crippen molar-refractivity contribution in [3.05, 3.63) is 23.2 Å². The third-order valence-electron chi connectivity index (χ3n) is 1.96. The summed E-state index contributed by atoms with van der Waals surface area (Å²) in [4.78, 5) is 17.1. The van der Waals surface area contributed by atoms with Crippen LogP contribution in [0.1, 0.15) is 0 Å². The fraction of sp³-hybridized carbons (Fsp3) is 0.250. The lowest BCUT2D eigenvalue weighted by Gasteiger charge is -2.08. The Morgan fingerprint density at radius 1 is 1.35 bits per heavy atom. The zero-order valence-corrected chi connectivity index (χ0v) is 11.0. The van der Waals surface area contributed by atoms with Gasteiger partial charge in [0.05, 0.1) is 22.5 Å². The van der Waals surface area contributed by atoms with E-state index in [0.717, 1.165) is 0 Å². The van der Waals surface area contributed by atoms with Crippen molar-refractivity contribution in [2.45, 2.75) is 4.90 Å². The molecule has 96 valence electrons. The first-order chi connectivity index (χ1) is 7.62. The van der Waals surface area contributed by atoms with Gasteiger partial charge in [0.2, 0.25) is 0 Å². The molecule has 9 heteroatoms. The third-order valence-corrected chi connectivity index (χ3v) is 5.09. The summed E-state index contributed by atoms with van der Waals surface area (Å²) >= 11 is 5.62. The van der Waals surface area contributed by atoms with Gasteiger partial charge in [-0.1, -0.05) is 11.6 Å². The molecule has 1 aromatic rings. The first-order valence-electron chi connectivity index (χ1n) is 4.44. The molecule has 0 spiro atoms. The minimum Gasteiger partial charge on any atom is -0.398 e. The van der Waals surface area contributed by atoms with E-state index in [1.807, 2.05) is 0 Å². The highest BCUT2D eigenvalue weighted by molar-refractivity contribution is 7.92. The molecule has 1 aromatic carbocycles. The number of nitrogens with two attached hydrogens (primary N) is 1. The number of benzene rings is 1. The van der Waals surface area contributed by atoms with E-state index in [1.54, 1.807) is 0 Å². The van der Waals surface area contributed by atoms with Crippen molar-refractivity contribution in [3.63, 3.8) is 0 Å². The highest BCUT2D eigenvalue weighted by Crippen LogP contribution is 2.35. The van der Waals surface area contributed by atoms with Gasteiger partial charge in [-0.05, 0) is 18.2 Å². The molecule has 0 aromatic heterocycles. The Morgan fingerprint density at radius 2 is 1.94 bits per heavy atom. The Hall–Kier alpha value is -0.590. The van der Waals surface area contributed by atoms with Crippen LogP contribution in [-0.4, -0.2) is 30.1 Å². The molecule has 0 aliphatic carbocycles. The molecular weight excluding hydrogens is 289 g/mol. The maximum absolute atomic E-state index is 11.7. The van der Waals surface area contributed by atoms with E-state index >= 15 is 0 Å². The van der Waals surface area contributed by atoms with E-state index in [-0.39, 0.29) is 15.6 Å². The number of hydrogen-bond acceptors (Lipinski definition) is 4. The van der Waals surface area contributed by atoms with Crippen molar-refractivity contribution in [1.29, 1.82) is 0 Å². The van der Waals surface area contributed by atoms with Gasteiger partial charge in [0.25, 0.3) is 0 Å². The average molecular weight is 300 g/mol. The molecule has 0 aliphatic rings. The quantitative estimate of drug-likeness (QED) is 0.561. The van der Waals surface area contributed by atoms with E-state index in [2.05, 4.69) is 0 Å². The van der Waals surface area contributed by atoms with Crippen LogP contribution in [0.15, 0.2) is 23.1 Å². The Bertz CT molecular complexity index is 567. The number of anilines is 1. The van der Waals surface area contributed by atoms with Crippen molar-refractivity contribution >= 4 is 34.7 Å². The van der Waals surface area contributed by atoms with Gasteiger partial charge in [0, 0.05) is 5.02 Å². The maximum Gasteiger partial charge on any atom is 0.326 e. The molecule has 0 amide bonds. The van der Waals surface area contributed by atoms with Gasteiger partial charge in [-0.3, -0.25) is 4.57 Å². The van der Waals surface area contributed by atoms with Crippen molar-refractivity contribution in [3.8, 4) is 0 Å². The van der Waals surface area contributed by atoms with Crippen molar-refractivity contribution in [1.82, 2.24) is 0 Å².